The Bertz CT molecular complexity index is 979. The summed E-state index contributed by atoms with van der Waals surface area (Å²) >= 11 is 0. The van der Waals surface area contributed by atoms with E-state index in [0.717, 1.165) is 21.9 Å². The summed E-state index contributed by atoms with van der Waals surface area (Å²) < 4.78 is 5.28. The Morgan fingerprint density at radius 3 is 2.56 bits per heavy atom. The number of aromatic nitrogens is 1. The van der Waals surface area contributed by atoms with Crippen LogP contribution in [0.1, 0.15) is 16.1 Å². The van der Waals surface area contributed by atoms with Crippen molar-refractivity contribution in [3.05, 3.63) is 59.9 Å². The van der Waals surface area contributed by atoms with Crippen molar-refractivity contribution >= 4 is 16.7 Å². The molecule has 1 saturated heterocycles. The maximum atomic E-state index is 12.5. The van der Waals surface area contributed by atoms with Gasteiger partial charge in [0.2, 0.25) is 0 Å². The second-order valence-corrected chi connectivity index (χ2v) is 6.49. The first-order valence-corrected chi connectivity index (χ1v) is 8.86. The van der Waals surface area contributed by atoms with Crippen LogP contribution in [-0.4, -0.2) is 52.3 Å². The smallest absolute Gasteiger partial charge is 0.272 e. The van der Waals surface area contributed by atoms with Crippen molar-refractivity contribution in [2.24, 2.45) is 0 Å². The van der Waals surface area contributed by atoms with Crippen LogP contribution in [0.2, 0.25) is 0 Å². The Morgan fingerprint density at radius 1 is 1.07 bits per heavy atom. The number of aromatic hydroxyl groups is 1. The molecule has 0 radical (unpaired) electrons. The fraction of sp³-hybridized carbons (Fsp3) is 0.238. The zero-order valence-electron chi connectivity index (χ0n) is 14.8. The molecule has 0 spiro atoms. The van der Waals surface area contributed by atoms with Gasteiger partial charge in [-0.15, -0.1) is 0 Å². The van der Waals surface area contributed by atoms with Crippen LogP contribution < -0.4 is 0 Å². The molecular formula is C21H20N2O4. The first-order chi connectivity index (χ1) is 13.2. The van der Waals surface area contributed by atoms with Gasteiger partial charge in [-0.25, -0.2) is 0 Å². The number of pyridine rings is 1. The number of aliphatic hydroxyl groups excluding tert-OH is 1. The summed E-state index contributed by atoms with van der Waals surface area (Å²) in [5.41, 5.74) is 2.79. The van der Waals surface area contributed by atoms with Crippen LogP contribution >= 0.6 is 0 Å². The molecule has 0 saturated carbocycles. The van der Waals surface area contributed by atoms with E-state index in [9.17, 15) is 15.0 Å². The Labute approximate surface area is 156 Å². The summed E-state index contributed by atoms with van der Waals surface area (Å²) in [6.07, 6.45) is 1.70. The molecule has 1 aliphatic heterocycles. The number of nitrogens with zero attached hydrogens (tertiary/aromatic N) is 2. The van der Waals surface area contributed by atoms with Crippen molar-refractivity contribution in [2.45, 2.75) is 6.61 Å². The van der Waals surface area contributed by atoms with Gasteiger partial charge >= 0.3 is 0 Å². The van der Waals surface area contributed by atoms with E-state index in [-0.39, 0.29) is 18.3 Å². The molecule has 138 valence electrons. The van der Waals surface area contributed by atoms with E-state index in [1.165, 1.54) is 0 Å². The van der Waals surface area contributed by atoms with E-state index in [0.29, 0.717) is 37.6 Å². The van der Waals surface area contributed by atoms with Gasteiger partial charge in [-0.2, -0.15) is 0 Å². The summed E-state index contributed by atoms with van der Waals surface area (Å²) in [6, 6.07) is 12.8. The van der Waals surface area contributed by atoms with E-state index in [1.54, 1.807) is 23.2 Å². The first-order valence-electron chi connectivity index (χ1n) is 8.86. The van der Waals surface area contributed by atoms with E-state index in [1.807, 2.05) is 30.3 Å². The number of hydrogen-bond donors (Lipinski definition) is 2. The van der Waals surface area contributed by atoms with Gasteiger partial charge in [0, 0.05) is 30.4 Å². The lowest BCUT2D eigenvalue weighted by Crippen LogP contribution is -2.41. The maximum Gasteiger partial charge on any atom is 0.272 e. The normalized spacial score (nSPS) is 14.5. The van der Waals surface area contributed by atoms with Crippen LogP contribution in [0.5, 0.6) is 5.75 Å². The van der Waals surface area contributed by atoms with Crippen molar-refractivity contribution in [2.75, 3.05) is 26.3 Å². The molecule has 0 atom stereocenters. The predicted molar refractivity (Wildman–Crippen MR) is 101 cm³/mol. The van der Waals surface area contributed by atoms with Crippen molar-refractivity contribution in [3.63, 3.8) is 0 Å². The van der Waals surface area contributed by atoms with Gasteiger partial charge in [0.15, 0.2) is 0 Å². The van der Waals surface area contributed by atoms with E-state index in [2.05, 4.69) is 4.98 Å². The van der Waals surface area contributed by atoms with Crippen LogP contribution in [0.4, 0.5) is 0 Å². The van der Waals surface area contributed by atoms with Gasteiger partial charge < -0.3 is 19.8 Å². The highest BCUT2D eigenvalue weighted by molar-refractivity contribution is 5.93. The van der Waals surface area contributed by atoms with Gasteiger partial charge in [-0.3, -0.25) is 9.78 Å². The minimum absolute atomic E-state index is 0.0774. The van der Waals surface area contributed by atoms with Gasteiger partial charge in [0.05, 0.1) is 19.8 Å². The molecule has 2 N–H and O–H groups in total. The number of hydrogen-bond acceptors (Lipinski definition) is 5. The number of phenols is 1. The lowest BCUT2D eigenvalue weighted by atomic mass is 9.99. The van der Waals surface area contributed by atoms with E-state index in [4.69, 9.17) is 4.74 Å². The quantitative estimate of drug-likeness (QED) is 0.746. The topological polar surface area (TPSA) is 82.9 Å². The molecule has 1 aliphatic rings. The van der Waals surface area contributed by atoms with Crippen LogP contribution in [-0.2, 0) is 11.3 Å². The van der Waals surface area contributed by atoms with Crippen LogP contribution in [0.3, 0.4) is 0 Å². The van der Waals surface area contributed by atoms with Gasteiger partial charge in [0.25, 0.3) is 5.91 Å². The third kappa shape index (κ3) is 3.37. The molecule has 4 rings (SSSR count). The van der Waals surface area contributed by atoms with E-state index < -0.39 is 0 Å². The molecule has 1 amide bonds. The average molecular weight is 364 g/mol. The zero-order valence-corrected chi connectivity index (χ0v) is 14.8. The third-order valence-corrected chi connectivity index (χ3v) is 4.88. The minimum atomic E-state index is -0.220. The number of carbonyl (C=O) groups is 1. The van der Waals surface area contributed by atoms with Crippen LogP contribution in [0.15, 0.2) is 48.7 Å². The second kappa shape index (κ2) is 7.34. The monoisotopic (exact) mass is 364 g/mol. The highest BCUT2D eigenvalue weighted by Gasteiger charge is 2.19. The summed E-state index contributed by atoms with van der Waals surface area (Å²) in [7, 11) is 0. The molecule has 27 heavy (non-hydrogen) atoms. The molecule has 6 heteroatoms. The Kier molecular flexibility index (Phi) is 4.75. The predicted octanol–water partition coefficient (Wildman–Crippen LogP) is 2.57. The lowest BCUT2D eigenvalue weighted by Gasteiger charge is -2.26. The molecule has 2 heterocycles. The summed E-state index contributed by atoms with van der Waals surface area (Å²) in [5.74, 6) is 0.0109. The molecule has 1 aromatic heterocycles. The molecule has 1 fully saturated rings. The number of morpholine rings is 1. The highest BCUT2D eigenvalue weighted by Crippen LogP contribution is 2.30. The number of fused-ring (bicyclic) bond motifs is 1. The average Bonchev–Trinajstić information content (AvgIpc) is 2.73. The Morgan fingerprint density at radius 2 is 1.85 bits per heavy atom. The number of aliphatic hydroxyl groups is 1. The maximum absolute atomic E-state index is 12.5. The van der Waals surface area contributed by atoms with Crippen LogP contribution in [0, 0.1) is 0 Å². The minimum Gasteiger partial charge on any atom is -0.508 e. The molecule has 3 aromatic rings. The van der Waals surface area contributed by atoms with Gasteiger partial charge in [-0.1, -0.05) is 24.3 Å². The Hall–Kier alpha value is -2.96. The fourth-order valence-electron chi connectivity index (χ4n) is 3.35. The number of ether oxygens (including phenoxy) is 1. The third-order valence-electron chi connectivity index (χ3n) is 4.88. The Balaban J connectivity index is 1.62. The molecule has 2 aromatic carbocycles. The van der Waals surface area contributed by atoms with Crippen molar-refractivity contribution < 1.29 is 19.7 Å². The van der Waals surface area contributed by atoms with E-state index >= 15 is 0 Å². The second-order valence-electron chi connectivity index (χ2n) is 6.49. The SMILES string of the molecule is O=C(c1ccc(-c2ccc3c(CO)c(O)ccc3c2)cn1)N1CCOCC1. The highest BCUT2D eigenvalue weighted by atomic mass is 16.5. The van der Waals surface area contributed by atoms with Gasteiger partial charge in [0.1, 0.15) is 11.4 Å². The first kappa shape index (κ1) is 17.5. The largest absolute Gasteiger partial charge is 0.508 e. The fourth-order valence-corrected chi connectivity index (χ4v) is 3.35. The standard InChI is InChI=1S/C21H20N2O4/c24-13-18-17-4-1-14(11-15(17)3-6-20(18)25)16-2-5-19(22-12-16)21(26)23-7-9-27-10-8-23/h1-6,11-12,24-25H,7-10,13H2. The molecule has 6 nitrogen and oxygen atoms in total. The van der Waals surface area contributed by atoms with Crippen molar-refractivity contribution in [3.8, 4) is 16.9 Å². The molecular weight excluding hydrogens is 344 g/mol. The zero-order chi connectivity index (χ0) is 18.8. The van der Waals surface area contributed by atoms with Crippen LogP contribution in [0.25, 0.3) is 21.9 Å². The summed E-state index contributed by atoms with van der Waals surface area (Å²) in [6.45, 7) is 2.08. The van der Waals surface area contributed by atoms with Crippen molar-refractivity contribution in [1.29, 1.82) is 0 Å². The van der Waals surface area contributed by atoms with Crippen molar-refractivity contribution in [1.82, 2.24) is 9.88 Å². The molecule has 0 bridgehead atoms. The summed E-state index contributed by atoms with van der Waals surface area (Å²) in [5, 5.41) is 21.1. The lowest BCUT2D eigenvalue weighted by molar-refractivity contribution is 0.0299. The number of amides is 1. The number of benzene rings is 2. The molecule has 0 unspecified atom stereocenters. The van der Waals surface area contributed by atoms with Gasteiger partial charge in [-0.05, 0) is 34.5 Å². The number of carbonyl (C=O) groups excluding carboxylic acids is 1. The summed E-state index contributed by atoms with van der Waals surface area (Å²) in [4.78, 5) is 18.6. The number of rotatable bonds is 3. The molecule has 0 aliphatic carbocycles.